The van der Waals surface area contributed by atoms with E-state index in [0.29, 0.717) is 16.2 Å². The van der Waals surface area contributed by atoms with Crippen molar-refractivity contribution in [3.8, 4) is 27.0 Å². The zero-order valence-corrected chi connectivity index (χ0v) is 20.5. The van der Waals surface area contributed by atoms with Crippen LogP contribution < -0.4 is 15.2 Å². The van der Waals surface area contributed by atoms with Crippen molar-refractivity contribution in [1.29, 1.82) is 0 Å². The highest BCUT2D eigenvalue weighted by Crippen LogP contribution is 2.44. The number of carbonyl (C=O) groups is 1. The van der Waals surface area contributed by atoms with E-state index in [9.17, 15) is 18.0 Å². The average molecular weight is 530 g/mol. The summed E-state index contributed by atoms with van der Waals surface area (Å²) in [7, 11) is 0.607. The van der Waals surface area contributed by atoms with Crippen LogP contribution in [-0.2, 0) is 11.2 Å². The number of nitrogens with zero attached hydrogens (tertiary/aromatic N) is 1. The fourth-order valence-electron chi connectivity index (χ4n) is 3.72. The van der Waals surface area contributed by atoms with Gasteiger partial charge in [0.1, 0.15) is 11.8 Å². The normalized spacial score (nSPS) is 13.6. The van der Waals surface area contributed by atoms with Crippen molar-refractivity contribution in [2.24, 2.45) is 5.73 Å². The molecule has 0 aliphatic heterocycles. The number of alkyl halides is 3. The van der Waals surface area contributed by atoms with Crippen LogP contribution >= 0.6 is 10.5 Å². The van der Waals surface area contributed by atoms with Crippen molar-refractivity contribution in [1.82, 2.24) is 4.98 Å². The highest BCUT2D eigenvalue weighted by Gasteiger charge is 2.45. The Labute approximate surface area is 214 Å². The predicted molar refractivity (Wildman–Crippen MR) is 135 cm³/mol. The van der Waals surface area contributed by atoms with E-state index in [2.05, 4.69) is 4.98 Å². The smallest absolute Gasteiger partial charge is 0.441 e. The number of hydrogen-bond donors (Lipinski definition) is 2. The van der Waals surface area contributed by atoms with Gasteiger partial charge in [-0.15, -0.1) is 0 Å². The summed E-state index contributed by atoms with van der Waals surface area (Å²) in [5, 5.41) is 10.6. The summed E-state index contributed by atoms with van der Waals surface area (Å²) in [5.74, 6) is -0.461. The minimum atomic E-state index is -4.67. The molecule has 0 saturated carbocycles. The van der Waals surface area contributed by atoms with Crippen molar-refractivity contribution < 1.29 is 32.5 Å². The lowest BCUT2D eigenvalue weighted by molar-refractivity contribution is -0.198. The molecule has 0 amide bonds. The summed E-state index contributed by atoms with van der Waals surface area (Å²) in [6, 6.07) is 19.1. The Hall–Kier alpha value is -3.89. The minimum Gasteiger partial charge on any atom is -0.497 e. The molecular weight excluding hydrogens is 505 g/mol. The first-order chi connectivity index (χ1) is 17.7. The summed E-state index contributed by atoms with van der Waals surface area (Å²) < 4.78 is 52.9. The number of thiazole rings is 1. The zero-order chi connectivity index (χ0) is 26.6. The molecule has 37 heavy (non-hydrogen) atoms. The first-order valence-electron chi connectivity index (χ1n) is 11.2. The largest absolute Gasteiger partial charge is 0.497 e. The van der Waals surface area contributed by atoms with Crippen LogP contribution in [0.15, 0.2) is 84.4 Å². The molecule has 192 valence electrons. The zero-order valence-electron chi connectivity index (χ0n) is 19.7. The fourth-order valence-corrected chi connectivity index (χ4v) is 5.18. The van der Waals surface area contributed by atoms with E-state index in [4.69, 9.17) is 20.3 Å². The van der Waals surface area contributed by atoms with Crippen LogP contribution in [0, 0.1) is 0 Å². The number of benzene rings is 3. The number of methoxy groups -OCH3 is 1. The van der Waals surface area contributed by atoms with E-state index in [0.717, 1.165) is 11.1 Å². The number of nitrogens with two attached hydrogens (primary N) is 1. The van der Waals surface area contributed by atoms with E-state index >= 15 is 0 Å². The molecule has 4 rings (SSSR count). The molecule has 3 atom stereocenters. The molecule has 0 saturated heterocycles. The van der Waals surface area contributed by atoms with Gasteiger partial charge in [0.25, 0.3) is 0 Å². The lowest BCUT2D eigenvalue weighted by atomic mass is 10.0. The van der Waals surface area contributed by atoms with Crippen LogP contribution in [-0.4, -0.2) is 35.4 Å². The lowest BCUT2D eigenvalue weighted by Gasteiger charge is -2.20. The Morgan fingerprint density at radius 1 is 1.05 bits per heavy atom. The third kappa shape index (κ3) is 6.28. The number of carboxylic acid groups (broad SMARTS) is 1. The van der Waals surface area contributed by atoms with Crippen LogP contribution in [0.5, 0.6) is 10.9 Å². The van der Waals surface area contributed by atoms with Gasteiger partial charge in [0.2, 0.25) is 6.10 Å². The molecule has 4 aromatic rings. The second-order valence-electron chi connectivity index (χ2n) is 8.20. The summed E-state index contributed by atoms with van der Waals surface area (Å²) in [4.78, 5) is 15.7. The quantitative estimate of drug-likeness (QED) is 0.253. The monoisotopic (exact) mass is 529 g/mol. The highest BCUT2D eigenvalue weighted by molar-refractivity contribution is 7.39. The molecule has 0 spiro atoms. The van der Waals surface area contributed by atoms with E-state index in [1.165, 1.54) is 18.3 Å². The van der Waals surface area contributed by atoms with Gasteiger partial charge in [-0.25, -0.2) is 0 Å². The molecule has 6 nitrogen and oxygen atoms in total. The number of halogens is 3. The van der Waals surface area contributed by atoms with E-state index in [1.807, 2.05) is 12.1 Å². The van der Waals surface area contributed by atoms with Crippen molar-refractivity contribution in [2.75, 3.05) is 7.11 Å². The van der Waals surface area contributed by atoms with Crippen molar-refractivity contribution in [2.45, 2.75) is 24.7 Å². The first-order valence-corrected chi connectivity index (χ1v) is 12.5. The molecular formula is C27H24F3N2O4S+. The van der Waals surface area contributed by atoms with Crippen molar-refractivity contribution in [3.05, 3.63) is 95.5 Å². The lowest BCUT2D eigenvalue weighted by Crippen LogP contribution is -2.32. The molecule has 0 aliphatic carbocycles. The maximum atomic E-state index is 14.1. The number of aromatic nitrogens is 1. The fraction of sp³-hybridized carbons (Fsp3) is 0.185. The Bertz CT molecular complexity index is 1360. The van der Waals surface area contributed by atoms with Crippen LogP contribution in [0.25, 0.3) is 16.0 Å². The average Bonchev–Trinajstić information content (AvgIpc) is 3.35. The molecule has 0 fully saturated rings. The van der Waals surface area contributed by atoms with Crippen LogP contribution in [0.3, 0.4) is 0 Å². The predicted octanol–water partition coefficient (Wildman–Crippen LogP) is 6.13. The second-order valence-corrected chi connectivity index (χ2v) is 9.97. The van der Waals surface area contributed by atoms with E-state index in [-0.39, 0.29) is 17.2 Å². The van der Waals surface area contributed by atoms with E-state index < -0.39 is 34.8 Å². The van der Waals surface area contributed by atoms with Crippen LogP contribution in [0.4, 0.5) is 13.2 Å². The molecule has 1 heterocycles. The number of rotatable bonds is 9. The first kappa shape index (κ1) is 26.2. The third-order valence-electron chi connectivity index (χ3n) is 5.65. The summed E-state index contributed by atoms with van der Waals surface area (Å²) in [5.41, 5.74) is 7.79. The highest BCUT2D eigenvalue weighted by atomic mass is 32.2. The van der Waals surface area contributed by atoms with Gasteiger partial charge in [0.15, 0.2) is 10.3 Å². The van der Waals surface area contributed by atoms with Gasteiger partial charge in [-0.1, -0.05) is 48.5 Å². The maximum Gasteiger partial charge on any atom is 0.441 e. The van der Waals surface area contributed by atoms with Gasteiger partial charge in [-0.2, -0.15) is 18.2 Å². The summed E-state index contributed by atoms with van der Waals surface area (Å²) in [6.07, 6.45) is -5.31. The maximum absolute atomic E-state index is 14.1. The number of hydrogen-bond acceptors (Lipinski definition) is 5. The summed E-state index contributed by atoms with van der Waals surface area (Å²) >= 11 is 0. The second kappa shape index (κ2) is 11.0. The molecule has 3 N–H and O–H groups in total. The molecule has 0 bridgehead atoms. The Kier molecular flexibility index (Phi) is 7.80. The topological polar surface area (TPSA) is 94.7 Å². The van der Waals surface area contributed by atoms with Crippen LogP contribution in [0.2, 0.25) is 0 Å². The van der Waals surface area contributed by atoms with Gasteiger partial charge < -0.3 is 20.3 Å². The van der Waals surface area contributed by atoms with Crippen LogP contribution in [0.1, 0.15) is 17.2 Å². The third-order valence-corrected chi connectivity index (χ3v) is 7.40. The Morgan fingerprint density at radius 2 is 1.76 bits per heavy atom. The molecule has 3 aromatic carbocycles. The Balaban J connectivity index is 1.57. The molecule has 0 aliphatic rings. The molecule has 2 unspecified atom stereocenters. The number of carboxylic acids is 1. The molecule has 0 radical (unpaired) electrons. The summed E-state index contributed by atoms with van der Waals surface area (Å²) in [6.45, 7) is 0. The minimum absolute atomic E-state index is 0.0460. The molecule has 10 heteroatoms. The van der Waals surface area contributed by atoms with E-state index in [1.54, 1.807) is 61.0 Å². The van der Waals surface area contributed by atoms with Crippen molar-refractivity contribution >= 4 is 16.4 Å². The number of ether oxygens (including phenoxy) is 2. The van der Waals surface area contributed by atoms with Gasteiger partial charge >= 0.3 is 17.3 Å². The van der Waals surface area contributed by atoms with Crippen molar-refractivity contribution in [3.63, 3.8) is 0 Å². The Morgan fingerprint density at radius 3 is 2.38 bits per heavy atom. The standard InChI is InChI=1S/C27H23F3N2O4S/c1-35-21-4-2-3-20(16-21)18-7-9-19(10-8-18)24(27(28,29)30)36-26-32-13-14-37(26)22-11-5-17(6-12-22)15-23(31)25(33)34/h2-14,16,23-24H,15,31H2,1H3/p+1/t23-,24?,37?/m0/s1. The van der Waals surface area contributed by atoms with Gasteiger partial charge in [-0.3, -0.25) is 4.79 Å². The number of aliphatic carboxylic acids is 1. The van der Waals surface area contributed by atoms with Gasteiger partial charge in [-0.05, 0) is 47.4 Å². The SMILES string of the molecule is COc1cccc(-c2ccc(C(Oc3ncc[s+]3-c3ccc(C[C@H](N)C(=O)O)cc3)C(F)(F)F)cc2)c1. The van der Waals surface area contributed by atoms with Gasteiger partial charge in [0.05, 0.1) is 23.8 Å². The molecule has 1 aromatic heterocycles. The van der Waals surface area contributed by atoms with Gasteiger partial charge in [0, 0.05) is 5.56 Å².